The van der Waals surface area contributed by atoms with Crippen LogP contribution in [0.3, 0.4) is 0 Å². The molecule has 1 saturated carbocycles. The third-order valence-electron chi connectivity index (χ3n) is 4.18. The number of hydrogen-bond acceptors (Lipinski definition) is 3. The molecule has 0 radical (unpaired) electrons. The summed E-state index contributed by atoms with van der Waals surface area (Å²) in [5, 5.41) is 21.9. The third-order valence-corrected chi connectivity index (χ3v) is 4.18. The Morgan fingerprint density at radius 2 is 1.90 bits per heavy atom. The van der Waals surface area contributed by atoms with Crippen LogP contribution in [-0.2, 0) is 4.79 Å². The summed E-state index contributed by atoms with van der Waals surface area (Å²) in [5.74, 6) is -0.721. The van der Waals surface area contributed by atoms with Crippen molar-refractivity contribution in [1.29, 1.82) is 5.26 Å². The van der Waals surface area contributed by atoms with Crippen molar-refractivity contribution in [2.75, 3.05) is 11.9 Å². The van der Waals surface area contributed by atoms with Crippen molar-refractivity contribution in [2.45, 2.75) is 38.5 Å². The van der Waals surface area contributed by atoms with E-state index in [1.54, 1.807) is 6.07 Å². The Morgan fingerprint density at radius 1 is 1.25 bits per heavy atom. The lowest BCUT2D eigenvalue weighted by atomic mass is 9.80. The number of hydrogen-bond donors (Lipinski definition) is 2. The number of aliphatic carboxylic acids is 1. The SMILES string of the molecule is N#Cc1ccccc1NCC1(C(=O)O)CCCCCC1. The number of carbonyl (C=O) groups is 1. The standard InChI is InChI=1S/C16H20N2O2/c17-11-13-7-3-4-8-14(13)18-12-16(15(19)20)9-5-1-2-6-10-16/h3-4,7-8,18H,1-2,5-6,9-10,12H2,(H,19,20). The predicted molar refractivity (Wildman–Crippen MR) is 77.4 cm³/mol. The van der Waals surface area contributed by atoms with Crippen molar-refractivity contribution >= 4 is 11.7 Å². The molecule has 1 aromatic carbocycles. The molecule has 0 atom stereocenters. The first-order valence-electron chi connectivity index (χ1n) is 7.14. The van der Waals surface area contributed by atoms with E-state index in [4.69, 9.17) is 5.26 Å². The Bertz CT molecular complexity index is 511. The molecule has 1 aliphatic rings. The van der Waals surface area contributed by atoms with Gasteiger partial charge in [-0.25, -0.2) is 0 Å². The summed E-state index contributed by atoms with van der Waals surface area (Å²) in [4.78, 5) is 11.7. The van der Waals surface area contributed by atoms with E-state index in [9.17, 15) is 9.90 Å². The van der Waals surface area contributed by atoms with Gasteiger partial charge in [-0.1, -0.05) is 37.8 Å². The maximum Gasteiger partial charge on any atom is 0.311 e. The Kier molecular flexibility index (Phi) is 4.62. The largest absolute Gasteiger partial charge is 0.481 e. The highest BCUT2D eigenvalue weighted by molar-refractivity contribution is 5.75. The molecule has 1 fully saturated rings. The van der Waals surface area contributed by atoms with Gasteiger partial charge in [0.1, 0.15) is 6.07 Å². The van der Waals surface area contributed by atoms with Gasteiger partial charge >= 0.3 is 5.97 Å². The minimum atomic E-state index is -0.721. The maximum atomic E-state index is 11.7. The van der Waals surface area contributed by atoms with E-state index in [-0.39, 0.29) is 0 Å². The number of rotatable bonds is 4. The molecule has 0 spiro atoms. The van der Waals surface area contributed by atoms with Gasteiger partial charge in [-0.2, -0.15) is 5.26 Å². The molecular formula is C16H20N2O2. The Balaban J connectivity index is 2.13. The smallest absolute Gasteiger partial charge is 0.311 e. The van der Waals surface area contributed by atoms with E-state index >= 15 is 0 Å². The molecule has 20 heavy (non-hydrogen) atoms. The quantitative estimate of drug-likeness (QED) is 0.824. The van der Waals surface area contributed by atoms with Crippen molar-refractivity contribution in [2.24, 2.45) is 5.41 Å². The Morgan fingerprint density at radius 3 is 2.50 bits per heavy atom. The number of carboxylic acids is 1. The molecule has 1 aliphatic carbocycles. The second-order valence-corrected chi connectivity index (χ2v) is 5.51. The molecule has 106 valence electrons. The number of nitrogens with zero attached hydrogens (tertiary/aromatic N) is 1. The number of nitriles is 1. The van der Waals surface area contributed by atoms with Crippen LogP contribution in [0, 0.1) is 16.7 Å². The fraction of sp³-hybridized carbons (Fsp3) is 0.500. The van der Waals surface area contributed by atoms with Crippen molar-refractivity contribution < 1.29 is 9.90 Å². The number of para-hydroxylation sites is 1. The van der Waals surface area contributed by atoms with Gasteiger partial charge in [0.05, 0.1) is 16.7 Å². The summed E-state index contributed by atoms with van der Waals surface area (Å²) in [6.45, 7) is 0.390. The average Bonchev–Trinajstić information content (AvgIpc) is 2.72. The molecular weight excluding hydrogens is 252 g/mol. The van der Waals surface area contributed by atoms with Gasteiger partial charge in [-0.05, 0) is 25.0 Å². The van der Waals surface area contributed by atoms with E-state index in [2.05, 4.69) is 11.4 Å². The van der Waals surface area contributed by atoms with Crippen LogP contribution in [0.25, 0.3) is 0 Å². The van der Waals surface area contributed by atoms with E-state index < -0.39 is 11.4 Å². The zero-order chi connectivity index (χ0) is 14.4. The molecule has 0 aromatic heterocycles. The summed E-state index contributed by atoms with van der Waals surface area (Å²) in [6.07, 6.45) is 5.59. The Hall–Kier alpha value is -2.02. The van der Waals surface area contributed by atoms with Crippen LogP contribution >= 0.6 is 0 Å². The van der Waals surface area contributed by atoms with Crippen molar-refractivity contribution in [1.82, 2.24) is 0 Å². The molecule has 0 amide bonds. The predicted octanol–water partition coefficient (Wildman–Crippen LogP) is 3.40. The van der Waals surface area contributed by atoms with Crippen LogP contribution in [0.2, 0.25) is 0 Å². The monoisotopic (exact) mass is 272 g/mol. The molecule has 0 bridgehead atoms. The maximum absolute atomic E-state index is 11.7. The van der Waals surface area contributed by atoms with Crippen LogP contribution in [-0.4, -0.2) is 17.6 Å². The number of benzene rings is 1. The summed E-state index contributed by atoms with van der Waals surface area (Å²) in [7, 11) is 0. The summed E-state index contributed by atoms with van der Waals surface area (Å²) in [6, 6.07) is 9.35. The molecule has 0 aliphatic heterocycles. The molecule has 1 aromatic rings. The van der Waals surface area contributed by atoms with Crippen molar-refractivity contribution in [3.63, 3.8) is 0 Å². The van der Waals surface area contributed by atoms with Crippen LogP contribution in [0.1, 0.15) is 44.1 Å². The third kappa shape index (κ3) is 3.11. The highest BCUT2D eigenvalue weighted by Crippen LogP contribution is 2.35. The summed E-state index contributed by atoms with van der Waals surface area (Å²) < 4.78 is 0. The van der Waals surface area contributed by atoms with Gasteiger partial charge in [-0.3, -0.25) is 4.79 Å². The molecule has 4 nitrogen and oxygen atoms in total. The van der Waals surface area contributed by atoms with Gasteiger partial charge in [-0.15, -0.1) is 0 Å². The number of nitrogens with one attached hydrogen (secondary N) is 1. The van der Waals surface area contributed by atoms with Gasteiger partial charge in [0.25, 0.3) is 0 Å². The first kappa shape index (κ1) is 14.4. The Labute approximate surface area is 119 Å². The second-order valence-electron chi connectivity index (χ2n) is 5.51. The molecule has 2 N–H and O–H groups in total. The first-order valence-corrected chi connectivity index (χ1v) is 7.14. The van der Waals surface area contributed by atoms with Crippen LogP contribution < -0.4 is 5.32 Å². The van der Waals surface area contributed by atoms with E-state index in [0.717, 1.165) is 31.4 Å². The lowest BCUT2D eigenvalue weighted by Crippen LogP contribution is -2.37. The number of carboxylic acid groups (broad SMARTS) is 1. The first-order chi connectivity index (χ1) is 9.68. The molecule has 4 heteroatoms. The van der Waals surface area contributed by atoms with E-state index in [1.807, 2.05) is 18.2 Å². The van der Waals surface area contributed by atoms with Crippen molar-refractivity contribution in [3.05, 3.63) is 29.8 Å². The minimum Gasteiger partial charge on any atom is -0.481 e. The van der Waals surface area contributed by atoms with Crippen molar-refractivity contribution in [3.8, 4) is 6.07 Å². The lowest BCUT2D eigenvalue weighted by Gasteiger charge is -2.28. The van der Waals surface area contributed by atoms with E-state index in [1.165, 1.54) is 0 Å². The average molecular weight is 272 g/mol. The molecule has 0 saturated heterocycles. The van der Waals surface area contributed by atoms with Gasteiger partial charge < -0.3 is 10.4 Å². The molecule has 0 unspecified atom stereocenters. The zero-order valence-corrected chi connectivity index (χ0v) is 11.6. The van der Waals surface area contributed by atoms with Crippen LogP contribution in [0.15, 0.2) is 24.3 Å². The highest BCUT2D eigenvalue weighted by atomic mass is 16.4. The summed E-state index contributed by atoms with van der Waals surface area (Å²) in [5.41, 5.74) is 0.584. The number of anilines is 1. The topological polar surface area (TPSA) is 73.1 Å². The lowest BCUT2D eigenvalue weighted by molar-refractivity contribution is -0.149. The van der Waals surface area contributed by atoms with Crippen LogP contribution in [0.4, 0.5) is 5.69 Å². The van der Waals surface area contributed by atoms with Gasteiger partial charge in [0.15, 0.2) is 0 Å². The molecule has 2 rings (SSSR count). The summed E-state index contributed by atoms with van der Waals surface area (Å²) >= 11 is 0. The zero-order valence-electron chi connectivity index (χ0n) is 11.6. The minimum absolute atomic E-state index is 0.390. The second kappa shape index (κ2) is 6.42. The highest BCUT2D eigenvalue weighted by Gasteiger charge is 2.38. The van der Waals surface area contributed by atoms with Crippen LogP contribution in [0.5, 0.6) is 0 Å². The normalized spacial score (nSPS) is 17.8. The molecule has 0 heterocycles. The van der Waals surface area contributed by atoms with Gasteiger partial charge in [0, 0.05) is 6.54 Å². The fourth-order valence-electron chi connectivity index (χ4n) is 2.87. The fourth-order valence-corrected chi connectivity index (χ4v) is 2.87. The van der Waals surface area contributed by atoms with Gasteiger partial charge in [0.2, 0.25) is 0 Å². The van der Waals surface area contributed by atoms with E-state index in [0.29, 0.717) is 24.9 Å².